The summed E-state index contributed by atoms with van der Waals surface area (Å²) in [6.07, 6.45) is 3.59. The van der Waals surface area contributed by atoms with Gasteiger partial charge < -0.3 is 9.88 Å². The lowest BCUT2D eigenvalue weighted by molar-refractivity contribution is -0.119. The molecule has 0 saturated carbocycles. The van der Waals surface area contributed by atoms with Crippen LogP contribution in [0.3, 0.4) is 0 Å². The Balaban J connectivity index is 1.76. The first kappa shape index (κ1) is 17.1. The zero-order valence-corrected chi connectivity index (χ0v) is 15.4. The number of carbonyl (C=O) groups excluding carboxylic acids is 1. The maximum atomic E-state index is 12.4. The number of imidazole rings is 1. The van der Waals surface area contributed by atoms with Gasteiger partial charge in [-0.15, -0.1) is 23.1 Å². The summed E-state index contributed by atoms with van der Waals surface area (Å²) in [5, 5.41) is 5.75. The molecule has 2 aromatic heterocycles. The van der Waals surface area contributed by atoms with E-state index in [1.54, 1.807) is 17.5 Å². The van der Waals surface area contributed by atoms with Crippen LogP contribution in [0.25, 0.3) is 0 Å². The van der Waals surface area contributed by atoms with Gasteiger partial charge in [-0.3, -0.25) is 4.79 Å². The Hall–Kier alpha value is -1.76. The molecule has 0 aliphatic rings. The van der Waals surface area contributed by atoms with E-state index in [9.17, 15) is 4.79 Å². The summed E-state index contributed by atoms with van der Waals surface area (Å²) in [5.41, 5.74) is 0.947. The van der Waals surface area contributed by atoms with E-state index in [4.69, 9.17) is 11.6 Å². The minimum Gasteiger partial charge on any atom is -0.341 e. The molecule has 0 aliphatic heterocycles. The van der Waals surface area contributed by atoms with Crippen molar-refractivity contribution in [2.45, 2.75) is 10.3 Å². The Bertz CT molecular complexity index is 800. The molecule has 4 nitrogen and oxygen atoms in total. The number of benzene rings is 1. The van der Waals surface area contributed by atoms with E-state index < -0.39 is 0 Å². The lowest BCUT2D eigenvalue weighted by Crippen LogP contribution is -2.32. The SMILES string of the molecule is Cn1ccnc1C(NC(=O)CSc1cccs1)c1ccc(Cl)cc1. The molecule has 3 aromatic rings. The van der Waals surface area contributed by atoms with Gasteiger partial charge >= 0.3 is 0 Å². The van der Waals surface area contributed by atoms with E-state index in [0.29, 0.717) is 10.8 Å². The van der Waals surface area contributed by atoms with Gasteiger partial charge in [-0.1, -0.05) is 29.8 Å². The Labute approximate surface area is 153 Å². The number of rotatable bonds is 6. The molecule has 124 valence electrons. The third-order valence-electron chi connectivity index (χ3n) is 3.47. The van der Waals surface area contributed by atoms with Crippen LogP contribution in [0.5, 0.6) is 0 Å². The van der Waals surface area contributed by atoms with Gasteiger partial charge in [0.05, 0.1) is 9.96 Å². The van der Waals surface area contributed by atoms with Crippen LogP contribution < -0.4 is 5.32 Å². The molecule has 1 atom stereocenters. The minimum atomic E-state index is -0.307. The van der Waals surface area contributed by atoms with Gasteiger partial charge in [0.2, 0.25) is 5.91 Å². The fraction of sp³-hybridized carbons (Fsp3) is 0.176. The van der Waals surface area contributed by atoms with Crippen LogP contribution >= 0.6 is 34.7 Å². The van der Waals surface area contributed by atoms with Crippen molar-refractivity contribution in [3.8, 4) is 0 Å². The van der Waals surface area contributed by atoms with Crippen molar-refractivity contribution in [3.05, 3.63) is 70.6 Å². The van der Waals surface area contributed by atoms with Gasteiger partial charge in [-0.05, 0) is 29.1 Å². The topological polar surface area (TPSA) is 46.9 Å². The van der Waals surface area contributed by atoms with E-state index in [1.165, 1.54) is 11.8 Å². The van der Waals surface area contributed by atoms with Crippen LogP contribution in [0.15, 0.2) is 58.4 Å². The van der Waals surface area contributed by atoms with Gasteiger partial charge in [0.25, 0.3) is 0 Å². The summed E-state index contributed by atoms with van der Waals surface area (Å²) in [7, 11) is 1.91. The highest BCUT2D eigenvalue weighted by atomic mass is 35.5. The molecule has 1 aromatic carbocycles. The Kier molecular flexibility index (Phi) is 5.60. The highest BCUT2D eigenvalue weighted by molar-refractivity contribution is 8.01. The average Bonchev–Trinajstić information content (AvgIpc) is 3.23. The molecule has 1 unspecified atom stereocenters. The van der Waals surface area contributed by atoms with Gasteiger partial charge in [-0.2, -0.15) is 0 Å². The van der Waals surface area contributed by atoms with Gasteiger partial charge in [0, 0.05) is 24.5 Å². The lowest BCUT2D eigenvalue weighted by atomic mass is 10.1. The van der Waals surface area contributed by atoms with Gasteiger partial charge in [-0.25, -0.2) is 4.98 Å². The second-order valence-electron chi connectivity index (χ2n) is 5.17. The largest absolute Gasteiger partial charge is 0.341 e. The first-order chi connectivity index (χ1) is 11.6. The molecule has 0 fully saturated rings. The highest BCUT2D eigenvalue weighted by Gasteiger charge is 2.20. The first-order valence-corrected chi connectivity index (χ1v) is 9.56. The van der Waals surface area contributed by atoms with Crippen LogP contribution in [-0.4, -0.2) is 21.2 Å². The summed E-state index contributed by atoms with van der Waals surface area (Å²) in [6.45, 7) is 0. The Morgan fingerprint density at radius 3 is 2.79 bits per heavy atom. The molecule has 1 N–H and O–H groups in total. The van der Waals surface area contributed by atoms with Crippen LogP contribution in [-0.2, 0) is 11.8 Å². The van der Waals surface area contributed by atoms with E-state index in [0.717, 1.165) is 15.6 Å². The maximum Gasteiger partial charge on any atom is 0.231 e. The van der Waals surface area contributed by atoms with Crippen molar-refractivity contribution in [2.75, 3.05) is 5.75 Å². The fourth-order valence-corrected chi connectivity index (χ4v) is 4.01. The Morgan fingerprint density at radius 2 is 2.17 bits per heavy atom. The molecular formula is C17H16ClN3OS2. The number of amides is 1. The van der Waals surface area contributed by atoms with Crippen LogP contribution in [0, 0.1) is 0 Å². The summed E-state index contributed by atoms with van der Waals surface area (Å²) >= 11 is 9.14. The smallest absolute Gasteiger partial charge is 0.231 e. The quantitative estimate of drug-likeness (QED) is 0.657. The Morgan fingerprint density at radius 1 is 1.38 bits per heavy atom. The number of nitrogens with one attached hydrogen (secondary N) is 1. The number of nitrogens with zero attached hydrogens (tertiary/aromatic N) is 2. The summed E-state index contributed by atoms with van der Waals surface area (Å²) in [5.74, 6) is 1.12. The second-order valence-corrected chi connectivity index (χ2v) is 7.83. The second kappa shape index (κ2) is 7.88. The molecule has 0 bridgehead atoms. The number of carbonyl (C=O) groups is 1. The molecule has 1 amide bonds. The van der Waals surface area contributed by atoms with Crippen LogP contribution in [0.1, 0.15) is 17.4 Å². The minimum absolute atomic E-state index is 0.0312. The third-order valence-corrected chi connectivity index (χ3v) is 5.85. The van der Waals surface area contributed by atoms with Crippen molar-refractivity contribution in [3.63, 3.8) is 0 Å². The lowest BCUT2D eigenvalue weighted by Gasteiger charge is -2.19. The van der Waals surface area contributed by atoms with Gasteiger partial charge in [0.1, 0.15) is 11.9 Å². The predicted octanol–water partition coefficient (Wildman–Crippen LogP) is 4.13. The van der Waals surface area contributed by atoms with E-state index in [-0.39, 0.29) is 11.9 Å². The van der Waals surface area contributed by atoms with Crippen molar-refractivity contribution in [1.29, 1.82) is 0 Å². The van der Waals surface area contributed by atoms with Crippen molar-refractivity contribution in [2.24, 2.45) is 7.05 Å². The predicted molar refractivity (Wildman–Crippen MR) is 99.7 cm³/mol. The van der Waals surface area contributed by atoms with Crippen molar-refractivity contribution >= 4 is 40.6 Å². The zero-order valence-electron chi connectivity index (χ0n) is 13.0. The zero-order chi connectivity index (χ0) is 16.9. The van der Waals surface area contributed by atoms with Crippen molar-refractivity contribution < 1.29 is 4.79 Å². The normalized spacial score (nSPS) is 12.1. The average molecular weight is 378 g/mol. The number of aromatic nitrogens is 2. The molecule has 0 radical (unpaired) electrons. The first-order valence-electron chi connectivity index (χ1n) is 7.32. The summed E-state index contributed by atoms with van der Waals surface area (Å²) in [6, 6.07) is 11.1. The van der Waals surface area contributed by atoms with E-state index in [1.807, 2.05) is 59.6 Å². The monoisotopic (exact) mass is 377 g/mol. The number of hydrogen-bond acceptors (Lipinski definition) is 4. The number of thioether (sulfide) groups is 1. The summed E-state index contributed by atoms with van der Waals surface area (Å²) < 4.78 is 3.04. The van der Waals surface area contributed by atoms with E-state index >= 15 is 0 Å². The highest BCUT2D eigenvalue weighted by Crippen LogP contribution is 2.25. The third kappa shape index (κ3) is 4.20. The van der Waals surface area contributed by atoms with Crippen LogP contribution in [0.2, 0.25) is 5.02 Å². The molecule has 24 heavy (non-hydrogen) atoms. The molecule has 0 saturated heterocycles. The number of hydrogen-bond donors (Lipinski definition) is 1. The number of halogens is 1. The molecule has 0 aliphatic carbocycles. The maximum absolute atomic E-state index is 12.4. The molecular weight excluding hydrogens is 362 g/mol. The van der Waals surface area contributed by atoms with E-state index in [2.05, 4.69) is 10.3 Å². The van der Waals surface area contributed by atoms with Crippen molar-refractivity contribution in [1.82, 2.24) is 14.9 Å². The fourth-order valence-electron chi connectivity index (χ4n) is 2.29. The number of aryl methyl sites for hydroxylation is 1. The summed E-state index contributed by atoms with van der Waals surface area (Å²) in [4.78, 5) is 16.8. The number of thiophene rings is 1. The molecule has 2 heterocycles. The molecule has 0 spiro atoms. The standard InChI is InChI=1S/C17H16ClN3OS2/c1-21-9-8-19-17(21)16(12-4-6-13(18)7-5-12)20-14(22)11-24-15-3-2-10-23-15/h2-10,16H,11H2,1H3,(H,20,22). The van der Waals surface area contributed by atoms with Gasteiger partial charge in [0.15, 0.2) is 0 Å². The molecule has 3 rings (SSSR count). The molecule has 7 heteroatoms. The van der Waals surface area contributed by atoms with Crippen LogP contribution in [0.4, 0.5) is 0 Å².